The highest BCUT2D eigenvalue weighted by atomic mass is 35.6. The first kappa shape index (κ1) is 12.5. The van der Waals surface area contributed by atoms with Crippen molar-refractivity contribution >= 4 is 78.7 Å². The lowest BCUT2D eigenvalue weighted by molar-refractivity contribution is 4.07. The Morgan fingerprint density at radius 3 is 0.500 bits per heavy atom. The van der Waals surface area contributed by atoms with Crippen LogP contribution in [0.25, 0.3) is 0 Å². The molecule has 0 fully saturated rings. The van der Waals surface area contributed by atoms with Gasteiger partial charge in [-0.3, -0.25) is 0 Å². The highest BCUT2D eigenvalue weighted by molar-refractivity contribution is 7.54. The minimum atomic E-state index is -0.750. The number of hydrogen-bond acceptors (Lipinski definition) is 0. The van der Waals surface area contributed by atoms with Crippen molar-refractivity contribution in [3.8, 4) is 0 Å². The highest BCUT2D eigenvalue weighted by Crippen LogP contribution is 1.97. The third kappa shape index (κ3) is 106. The maximum absolute atomic E-state index is 4.81. The largest absolute Gasteiger partial charge is 0.450 e. The van der Waals surface area contributed by atoms with E-state index in [1.54, 1.807) is 0 Å². The van der Waals surface area contributed by atoms with E-state index < -0.39 is 9.92 Å². The molecule has 0 aromatic heterocycles. The summed E-state index contributed by atoms with van der Waals surface area (Å²) in [7, 11) is 0. The van der Waals surface area contributed by atoms with Gasteiger partial charge in [0.15, 0.2) is 0 Å². The average Bonchev–Trinajstić information content (AvgIpc) is 1.25. The van der Waals surface area contributed by atoms with Crippen molar-refractivity contribution in [3.05, 3.63) is 0 Å². The summed E-state index contributed by atoms with van der Waals surface area (Å²) in [6, 6.07) is 0. The van der Waals surface area contributed by atoms with Gasteiger partial charge in [-0.15, -0.1) is 0 Å². The lowest BCUT2D eigenvalue weighted by Gasteiger charge is -1.61. The van der Waals surface area contributed by atoms with Crippen LogP contribution in [0.4, 0.5) is 0 Å². The molecular weight excluding hydrogens is 234 g/mol. The van der Waals surface area contributed by atoms with E-state index >= 15 is 0 Å². The fourth-order valence-electron chi connectivity index (χ4n) is 0. The summed E-state index contributed by atoms with van der Waals surface area (Å²) < 4.78 is 0. The second kappa shape index (κ2) is 8.87. The van der Waals surface area contributed by atoms with Gasteiger partial charge in [0.1, 0.15) is 0 Å². The zero-order valence-electron chi connectivity index (χ0n) is 3.42. The maximum Gasteiger partial charge on any atom is 0.450 e. The summed E-state index contributed by atoms with van der Waals surface area (Å²) in [5.41, 5.74) is 0. The molecule has 0 aromatic carbocycles. The Balaban J connectivity index is 0. The molecular formula is B2Cl6. The Labute approximate surface area is 78.3 Å². The second-order valence-electron chi connectivity index (χ2n) is 0.495. The Bertz CT molecular complexity index is 22.0. The van der Waals surface area contributed by atoms with Crippen LogP contribution in [0.15, 0.2) is 0 Å². The molecule has 48 valence electrons. The van der Waals surface area contributed by atoms with E-state index in [4.69, 9.17) is 68.8 Å². The molecule has 0 unspecified atom stereocenters. The molecule has 0 saturated carbocycles. The van der Waals surface area contributed by atoms with Crippen LogP contribution in [0.1, 0.15) is 0 Å². The maximum atomic E-state index is 4.81. The van der Waals surface area contributed by atoms with Gasteiger partial charge in [-0.25, -0.2) is 0 Å². The monoisotopic (exact) mass is 232 g/mol. The minimum absolute atomic E-state index is 0.750. The molecule has 0 aliphatic rings. The molecule has 0 nitrogen and oxygen atoms in total. The first-order valence-corrected chi connectivity index (χ1v) is 3.93. The van der Waals surface area contributed by atoms with Crippen molar-refractivity contribution in [1.29, 1.82) is 0 Å². The molecule has 0 heterocycles. The van der Waals surface area contributed by atoms with Crippen molar-refractivity contribution in [2.45, 2.75) is 0 Å². The van der Waals surface area contributed by atoms with E-state index in [0.717, 1.165) is 0 Å². The first-order chi connectivity index (χ1) is 3.46. The van der Waals surface area contributed by atoms with Crippen LogP contribution < -0.4 is 0 Å². The van der Waals surface area contributed by atoms with E-state index in [-0.39, 0.29) is 0 Å². The molecule has 0 atom stereocenters. The van der Waals surface area contributed by atoms with Gasteiger partial charge in [0, 0.05) is 0 Å². The summed E-state index contributed by atoms with van der Waals surface area (Å²) in [5.74, 6) is 0. The zero-order valence-corrected chi connectivity index (χ0v) is 7.96. The molecule has 0 spiro atoms. The lowest BCUT2D eigenvalue weighted by atomic mass is 10.7. The summed E-state index contributed by atoms with van der Waals surface area (Å²) in [4.78, 5) is -1.50. The van der Waals surface area contributed by atoms with Gasteiger partial charge in [0.25, 0.3) is 0 Å². The van der Waals surface area contributed by atoms with Gasteiger partial charge in [0.05, 0.1) is 0 Å². The van der Waals surface area contributed by atoms with E-state index in [9.17, 15) is 0 Å². The van der Waals surface area contributed by atoms with Gasteiger partial charge in [-0.05, 0) is 0 Å². The van der Waals surface area contributed by atoms with Crippen molar-refractivity contribution in [1.82, 2.24) is 0 Å². The molecule has 0 aliphatic carbocycles. The van der Waals surface area contributed by atoms with Crippen LogP contribution >= 0.6 is 68.8 Å². The van der Waals surface area contributed by atoms with Crippen LogP contribution in [0.5, 0.6) is 0 Å². The molecule has 0 saturated heterocycles. The molecule has 0 rings (SSSR count). The quantitative estimate of drug-likeness (QED) is 0.564. The van der Waals surface area contributed by atoms with Gasteiger partial charge >= 0.3 is 9.92 Å². The van der Waals surface area contributed by atoms with E-state index in [2.05, 4.69) is 0 Å². The molecule has 8 heavy (non-hydrogen) atoms. The minimum Gasteiger partial charge on any atom is -0.150 e. The van der Waals surface area contributed by atoms with Crippen molar-refractivity contribution in [3.63, 3.8) is 0 Å². The van der Waals surface area contributed by atoms with E-state index in [1.165, 1.54) is 0 Å². The van der Waals surface area contributed by atoms with Gasteiger partial charge < -0.3 is 0 Å². The Morgan fingerprint density at radius 2 is 0.500 bits per heavy atom. The Morgan fingerprint density at radius 1 is 0.500 bits per heavy atom. The lowest BCUT2D eigenvalue weighted by Crippen LogP contribution is -1.66. The first-order valence-electron chi connectivity index (χ1n) is 1.31. The molecule has 0 aliphatic heterocycles. The van der Waals surface area contributed by atoms with Crippen LogP contribution in [0.2, 0.25) is 0 Å². The average molecular weight is 234 g/mol. The highest BCUT2D eigenvalue weighted by Gasteiger charge is 1.91. The third-order valence-corrected chi connectivity index (χ3v) is 0. The van der Waals surface area contributed by atoms with E-state index in [1.807, 2.05) is 0 Å². The normalized spacial score (nSPS) is 6.75. The fourth-order valence-corrected chi connectivity index (χ4v) is 0. The molecule has 0 N–H and O–H groups in total. The summed E-state index contributed by atoms with van der Waals surface area (Å²) in [5, 5.41) is 0. The SMILES string of the molecule is ClB(Cl)Cl.ClB(Cl)Cl. The predicted octanol–water partition coefficient (Wildman–Crippen LogP) is 3.38. The number of hydrogen-bond donors (Lipinski definition) is 0. The second-order valence-corrected chi connectivity index (χ2v) is 4.45. The molecule has 0 aromatic rings. The fraction of sp³-hybridized carbons (Fsp3) is 0. The van der Waals surface area contributed by atoms with Crippen LogP contribution in [0.3, 0.4) is 0 Å². The van der Waals surface area contributed by atoms with Crippen molar-refractivity contribution in [2.24, 2.45) is 0 Å². The summed E-state index contributed by atoms with van der Waals surface area (Å²) >= 11 is 28.8. The number of rotatable bonds is 0. The summed E-state index contributed by atoms with van der Waals surface area (Å²) in [6.45, 7) is 0. The zero-order chi connectivity index (χ0) is 7.15. The Kier molecular flexibility index (Phi) is 13.9. The van der Waals surface area contributed by atoms with E-state index in [0.29, 0.717) is 0 Å². The number of halogens is 6. The van der Waals surface area contributed by atoms with Crippen LogP contribution in [-0.2, 0) is 0 Å². The van der Waals surface area contributed by atoms with Gasteiger partial charge in [-0.1, -0.05) is 0 Å². The molecule has 8 heteroatoms. The van der Waals surface area contributed by atoms with Crippen molar-refractivity contribution in [2.75, 3.05) is 0 Å². The Hall–Kier alpha value is 1.87. The predicted molar refractivity (Wildman–Crippen MR) is 46.6 cm³/mol. The molecule has 0 radical (unpaired) electrons. The standard InChI is InChI=1S/2BCl3/c2*2-1(3)4. The van der Waals surface area contributed by atoms with Crippen LogP contribution in [-0.4, -0.2) is 9.92 Å². The van der Waals surface area contributed by atoms with Gasteiger partial charge in [0.2, 0.25) is 0 Å². The van der Waals surface area contributed by atoms with Crippen LogP contribution in [0, 0.1) is 0 Å². The molecule has 0 amide bonds. The van der Waals surface area contributed by atoms with Gasteiger partial charge in [-0.2, -0.15) is 68.8 Å². The molecule has 0 bridgehead atoms. The summed E-state index contributed by atoms with van der Waals surface area (Å²) in [6.07, 6.45) is 0. The third-order valence-electron chi connectivity index (χ3n) is 0. The smallest absolute Gasteiger partial charge is 0.150 e. The van der Waals surface area contributed by atoms with Crippen molar-refractivity contribution < 1.29 is 0 Å². The topological polar surface area (TPSA) is 0 Å².